The van der Waals surface area contributed by atoms with Crippen molar-refractivity contribution in [2.24, 2.45) is 5.73 Å². The van der Waals surface area contributed by atoms with Crippen LogP contribution in [0.1, 0.15) is 54.5 Å². The Balaban J connectivity index is 1.90. The van der Waals surface area contributed by atoms with E-state index in [1.807, 2.05) is 0 Å². The van der Waals surface area contributed by atoms with Crippen LogP contribution in [0.15, 0.2) is 53.9 Å². The third-order valence-electron chi connectivity index (χ3n) is 5.84. The van der Waals surface area contributed by atoms with Crippen molar-refractivity contribution in [1.82, 2.24) is 10.2 Å². The maximum absolute atomic E-state index is 9.88. The lowest BCUT2D eigenvalue weighted by Gasteiger charge is -2.25. The molecule has 5 heteroatoms. The van der Waals surface area contributed by atoms with Crippen molar-refractivity contribution >= 4 is 0 Å². The summed E-state index contributed by atoms with van der Waals surface area (Å²) in [6, 6.07) is 16.9. The third-order valence-corrected chi connectivity index (χ3v) is 5.84. The molecular weight excluding hydrogens is 372 g/mol. The van der Waals surface area contributed by atoms with Crippen molar-refractivity contribution in [3.05, 3.63) is 81.7 Å². The minimum absolute atomic E-state index is 0.0481. The predicted octanol–water partition coefficient (Wildman–Crippen LogP) is 5.21. The maximum Gasteiger partial charge on any atom is 0.244 e. The third kappa shape index (κ3) is 3.25. The molecule has 0 aliphatic carbocycles. The first-order chi connectivity index (χ1) is 14.2. The highest BCUT2D eigenvalue weighted by atomic mass is 16.5. The van der Waals surface area contributed by atoms with Crippen molar-refractivity contribution in [3.63, 3.8) is 0 Å². The molecule has 0 spiro atoms. The van der Waals surface area contributed by atoms with Gasteiger partial charge in [0, 0.05) is 5.56 Å². The van der Waals surface area contributed by atoms with Crippen LogP contribution < -0.4 is 10.5 Å². The molecule has 3 N–H and O–H groups in total. The van der Waals surface area contributed by atoms with E-state index in [1.54, 1.807) is 0 Å². The zero-order valence-corrected chi connectivity index (χ0v) is 18.0. The van der Waals surface area contributed by atoms with E-state index in [0.29, 0.717) is 11.5 Å². The van der Waals surface area contributed by atoms with E-state index in [4.69, 9.17) is 10.5 Å². The van der Waals surface area contributed by atoms with Gasteiger partial charge in [-0.25, -0.2) is 0 Å². The number of ether oxygens (including phenoxy) is 1. The van der Waals surface area contributed by atoms with Gasteiger partial charge in [0.15, 0.2) is 0 Å². The van der Waals surface area contributed by atoms with E-state index in [1.165, 1.54) is 16.7 Å². The summed E-state index contributed by atoms with van der Waals surface area (Å²) in [5.74, 6) is 0.181. The summed E-state index contributed by atoms with van der Waals surface area (Å²) in [4.78, 5) is 0. The van der Waals surface area contributed by atoms with Gasteiger partial charge in [0.25, 0.3) is 0 Å². The number of aromatic amines is 1. The normalized spacial score (nSPS) is 16.1. The number of benzene rings is 2. The zero-order valence-electron chi connectivity index (χ0n) is 18.0. The predicted molar refractivity (Wildman–Crippen MR) is 118 cm³/mol. The summed E-state index contributed by atoms with van der Waals surface area (Å²) < 4.78 is 5.71. The van der Waals surface area contributed by atoms with Crippen molar-refractivity contribution < 1.29 is 4.74 Å². The van der Waals surface area contributed by atoms with Gasteiger partial charge in [0.1, 0.15) is 11.6 Å². The quantitative estimate of drug-likeness (QED) is 0.620. The van der Waals surface area contributed by atoms with E-state index in [0.717, 1.165) is 22.4 Å². The smallest absolute Gasteiger partial charge is 0.244 e. The summed E-state index contributed by atoms with van der Waals surface area (Å²) in [5, 5.41) is 17.4. The number of aryl methyl sites for hydroxylation is 2. The lowest BCUT2D eigenvalue weighted by atomic mass is 9.80. The zero-order chi connectivity index (χ0) is 21.6. The molecule has 5 nitrogen and oxygen atoms in total. The molecule has 0 radical (unpaired) electrons. The van der Waals surface area contributed by atoms with Crippen LogP contribution >= 0.6 is 0 Å². The molecule has 0 bridgehead atoms. The molecule has 0 unspecified atom stereocenters. The van der Waals surface area contributed by atoms with Crippen LogP contribution in [0.3, 0.4) is 0 Å². The number of hydrogen-bond acceptors (Lipinski definition) is 4. The molecule has 1 aliphatic rings. The molecule has 4 rings (SSSR count). The van der Waals surface area contributed by atoms with E-state index in [9.17, 15) is 5.26 Å². The molecule has 0 saturated heterocycles. The van der Waals surface area contributed by atoms with Gasteiger partial charge in [-0.15, -0.1) is 5.10 Å². The standard InChI is InChI=1S/C25H26N4O/c1-14-6-7-17(12-15(14)2)22-21-20(16-8-10-18(11-9-16)25(3,4)5)19(13-26)23(27)30-24(21)29-28-22/h6-12,20H,27H2,1-5H3,(H,28,29)/t20-/m0/s1. The number of allylic oxidation sites excluding steroid dienone is 1. The van der Waals surface area contributed by atoms with E-state index >= 15 is 0 Å². The summed E-state index contributed by atoms with van der Waals surface area (Å²) in [6.45, 7) is 10.7. The van der Waals surface area contributed by atoms with Crippen molar-refractivity contribution in [2.75, 3.05) is 0 Å². The highest BCUT2D eigenvalue weighted by Gasteiger charge is 2.35. The highest BCUT2D eigenvalue weighted by molar-refractivity contribution is 5.71. The summed E-state index contributed by atoms with van der Waals surface area (Å²) in [5.41, 5.74) is 13.9. The topological polar surface area (TPSA) is 87.7 Å². The lowest BCUT2D eigenvalue weighted by Crippen LogP contribution is -2.21. The number of rotatable bonds is 2. The average molecular weight is 399 g/mol. The molecule has 2 aromatic carbocycles. The van der Waals surface area contributed by atoms with Gasteiger partial charge in [0.2, 0.25) is 11.8 Å². The first-order valence-corrected chi connectivity index (χ1v) is 10.0. The Morgan fingerprint density at radius 3 is 2.37 bits per heavy atom. The molecule has 0 amide bonds. The van der Waals surface area contributed by atoms with Crippen molar-refractivity contribution in [3.8, 4) is 23.2 Å². The summed E-state index contributed by atoms with van der Waals surface area (Å²) in [6.07, 6.45) is 0. The van der Waals surface area contributed by atoms with Crippen LogP contribution in [-0.2, 0) is 5.41 Å². The molecule has 1 aliphatic heterocycles. The largest absolute Gasteiger partial charge is 0.420 e. The van der Waals surface area contributed by atoms with Gasteiger partial charge >= 0.3 is 0 Å². The van der Waals surface area contributed by atoms with Crippen molar-refractivity contribution in [2.45, 2.75) is 46.0 Å². The number of nitrogens with one attached hydrogen (secondary N) is 1. The van der Waals surface area contributed by atoms with E-state index in [2.05, 4.69) is 93.3 Å². The van der Waals surface area contributed by atoms with Gasteiger partial charge in [-0.05, 0) is 47.6 Å². The van der Waals surface area contributed by atoms with Crippen LogP contribution in [0.4, 0.5) is 0 Å². The fourth-order valence-electron chi connectivity index (χ4n) is 3.87. The summed E-state index contributed by atoms with van der Waals surface area (Å²) in [7, 11) is 0. The van der Waals surface area contributed by atoms with Crippen LogP contribution in [0, 0.1) is 25.2 Å². The minimum Gasteiger partial charge on any atom is -0.420 e. The second-order valence-corrected chi connectivity index (χ2v) is 8.91. The second kappa shape index (κ2) is 7.07. The number of aromatic nitrogens is 2. The Kier molecular flexibility index (Phi) is 4.66. The Morgan fingerprint density at radius 1 is 1.07 bits per heavy atom. The van der Waals surface area contributed by atoms with Crippen LogP contribution in [0.2, 0.25) is 0 Å². The molecule has 2 heterocycles. The monoisotopic (exact) mass is 398 g/mol. The maximum atomic E-state index is 9.88. The number of hydrogen-bond donors (Lipinski definition) is 2. The van der Waals surface area contributed by atoms with Gasteiger partial charge in [0.05, 0.1) is 17.2 Å². The Morgan fingerprint density at radius 2 is 1.77 bits per heavy atom. The molecule has 1 aromatic heterocycles. The first kappa shape index (κ1) is 19.8. The first-order valence-electron chi connectivity index (χ1n) is 10.0. The average Bonchev–Trinajstić information content (AvgIpc) is 3.11. The van der Waals surface area contributed by atoms with Gasteiger partial charge < -0.3 is 10.5 Å². The van der Waals surface area contributed by atoms with E-state index < -0.39 is 0 Å². The molecule has 0 saturated carbocycles. The van der Waals surface area contributed by atoms with E-state index in [-0.39, 0.29) is 17.2 Å². The van der Waals surface area contributed by atoms with Gasteiger partial charge in [-0.1, -0.05) is 57.2 Å². The molecule has 0 fully saturated rings. The minimum atomic E-state index is -0.344. The molecule has 30 heavy (non-hydrogen) atoms. The Bertz CT molecular complexity index is 1190. The molecule has 3 aromatic rings. The van der Waals surface area contributed by atoms with Crippen LogP contribution in [-0.4, -0.2) is 10.2 Å². The Hall–Kier alpha value is -3.52. The Labute approximate surface area is 177 Å². The second-order valence-electron chi connectivity index (χ2n) is 8.91. The van der Waals surface area contributed by atoms with Gasteiger partial charge in [-0.3, -0.25) is 5.10 Å². The number of nitrogens with zero attached hydrogens (tertiary/aromatic N) is 2. The van der Waals surface area contributed by atoms with Crippen LogP contribution in [0.5, 0.6) is 5.88 Å². The molecule has 1 atom stereocenters. The number of nitrogens with two attached hydrogens (primary N) is 1. The molecular formula is C25H26N4O. The van der Waals surface area contributed by atoms with Crippen LogP contribution in [0.25, 0.3) is 11.3 Å². The highest BCUT2D eigenvalue weighted by Crippen LogP contribution is 2.46. The lowest BCUT2D eigenvalue weighted by molar-refractivity contribution is 0.379. The molecule has 152 valence electrons. The summed E-state index contributed by atoms with van der Waals surface area (Å²) >= 11 is 0. The number of fused-ring (bicyclic) bond motifs is 1. The number of H-pyrrole nitrogens is 1. The SMILES string of the molecule is Cc1ccc(-c2[nH]nc3c2[C@@H](c2ccc(C(C)(C)C)cc2)C(C#N)=C(N)O3)cc1C. The number of nitriles is 1. The van der Waals surface area contributed by atoms with Gasteiger partial charge in [-0.2, -0.15) is 5.26 Å². The fourth-order valence-corrected chi connectivity index (χ4v) is 3.87. The van der Waals surface area contributed by atoms with Crippen molar-refractivity contribution in [1.29, 1.82) is 5.26 Å². The fraction of sp³-hybridized carbons (Fsp3) is 0.280.